The minimum atomic E-state index is -4.96. The lowest BCUT2D eigenvalue weighted by atomic mass is 10.00. The number of fused-ring (bicyclic) bond motifs is 2. The number of benzene rings is 2. The van der Waals surface area contributed by atoms with Crippen molar-refractivity contribution in [3.05, 3.63) is 65.9 Å². The van der Waals surface area contributed by atoms with Crippen molar-refractivity contribution in [3.8, 4) is 0 Å². The lowest BCUT2D eigenvalue weighted by Gasteiger charge is -2.29. The van der Waals surface area contributed by atoms with Gasteiger partial charge in [-0.2, -0.15) is 13.2 Å². The molecule has 2 aromatic carbocycles. The summed E-state index contributed by atoms with van der Waals surface area (Å²) in [5, 5.41) is 1.05. The minimum absolute atomic E-state index is 0.0400. The maximum absolute atomic E-state index is 12.9. The van der Waals surface area contributed by atoms with E-state index in [2.05, 4.69) is 4.72 Å². The van der Waals surface area contributed by atoms with Gasteiger partial charge in [-0.15, -0.1) is 0 Å². The number of sulfonamides is 1. The van der Waals surface area contributed by atoms with Gasteiger partial charge in [-0.1, -0.05) is 24.3 Å². The summed E-state index contributed by atoms with van der Waals surface area (Å²) in [5.41, 5.74) is 2.13. The Morgan fingerprint density at radius 3 is 2.62 bits per heavy atom. The molecule has 32 heavy (non-hydrogen) atoms. The van der Waals surface area contributed by atoms with E-state index in [9.17, 15) is 26.4 Å². The van der Waals surface area contributed by atoms with Gasteiger partial charge in [0.1, 0.15) is 0 Å². The van der Waals surface area contributed by atoms with Gasteiger partial charge in [-0.3, -0.25) is 4.79 Å². The van der Waals surface area contributed by atoms with E-state index in [1.807, 2.05) is 41.1 Å². The van der Waals surface area contributed by atoms with Crippen molar-refractivity contribution in [2.75, 3.05) is 6.54 Å². The van der Waals surface area contributed by atoms with Crippen LogP contribution in [0.25, 0.3) is 10.9 Å². The number of hydrogen-bond acceptors (Lipinski definition) is 3. The van der Waals surface area contributed by atoms with E-state index >= 15 is 0 Å². The van der Waals surface area contributed by atoms with E-state index in [0.717, 1.165) is 16.5 Å². The van der Waals surface area contributed by atoms with Gasteiger partial charge in [-0.25, -0.2) is 13.1 Å². The zero-order valence-electron chi connectivity index (χ0n) is 17.3. The number of rotatable bonds is 5. The molecule has 170 valence electrons. The Kier molecular flexibility index (Phi) is 5.76. The molecule has 2 heterocycles. The van der Waals surface area contributed by atoms with Crippen molar-refractivity contribution in [1.29, 1.82) is 0 Å². The molecule has 1 N–H and O–H groups in total. The summed E-state index contributed by atoms with van der Waals surface area (Å²) < 4.78 is 68.7. The third-order valence-corrected chi connectivity index (χ3v) is 7.12. The third kappa shape index (κ3) is 4.51. The molecule has 10 heteroatoms. The Hall–Kier alpha value is -2.85. The molecule has 1 unspecified atom stereocenters. The largest absolute Gasteiger partial charge is 0.471 e. The SMILES string of the molecule is CC(Cn1ccc2ccccc21)NS(=O)(=O)c1ccc2c(c1)CN(C(=O)C(F)(F)F)CC2. The number of amides is 1. The summed E-state index contributed by atoms with van der Waals surface area (Å²) in [6.45, 7) is 1.82. The van der Waals surface area contributed by atoms with Gasteiger partial charge >= 0.3 is 12.1 Å². The summed E-state index contributed by atoms with van der Waals surface area (Å²) in [7, 11) is -3.90. The van der Waals surface area contributed by atoms with Gasteiger partial charge in [0.25, 0.3) is 0 Å². The highest BCUT2D eigenvalue weighted by molar-refractivity contribution is 7.89. The smallest absolute Gasteiger partial charge is 0.346 e. The second kappa shape index (κ2) is 8.25. The van der Waals surface area contributed by atoms with Crippen LogP contribution in [0.1, 0.15) is 18.1 Å². The normalized spacial score (nSPS) is 15.6. The molecule has 0 aliphatic carbocycles. The molecule has 6 nitrogen and oxygen atoms in total. The topological polar surface area (TPSA) is 71.4 Å². The summed E-state index contributed by atoms with van der Waals surface area (Å²) in [6, 6.07) is 13.7. The highest BCUT2D eigenvalue weighted by atomic mass is 32.2. The van der Waals surface area contributed by atoms with Crippen LogP contribution in [0.15, 0.2) is 59.6 Å². The second-order valence-corrected chi connectivity index (χ2v) is 9.67. The first-order chi connectivity index (χ1) is 15.0. The quantitative estimate of drug-likeness (QED) is 0.628. The number of carbonyl (C=O) groups is 1. The fraction of sp³-hybridized carbons (Fsp3) is 0.318. The van der Waals surface area contributed by atoms with Crippen LogP contribution in [0.4, 0.5) is 13.2 Å². The average Bonchev–Trinajstić information content (AvgIpc) is 3.14. The van der Waals surface area contributed by atoms with Gasteiger partial charge in [0, 0.05) is 37.4 Å². The van der Waals surface area contributed by atoms with Crippen molar-refractivity contribution in [1.82, 2.24) is 14.2 Å². The number of halogens is 3. The van der Waals surface area contributed by atoms with E-state index in [4.69, 9.17) is 0 Å². The zero-order valence-corrected chi connectivity index (χ0v) is 18.1. The Morgan fingerprint density at radius 2 is 1.88 bits per heavy atom. The van der Waals surface area contributed by atoms with Crippen molar-refractivity contribution in [2.24, 2.45) is 0 Å². The van der Waals surface area contributed by atoms with Crippen molar-refractivity contribution < 1.29 is 26.4 Å². The van der Waals surface area contributed by atoms with E-state index in [0.29, 0.717) is 17.0 Å². The fourth-order valence-electron chi connectivity index (χ4n) is 4.02. The van der Waals surface area contributed by atoms with Gasteiger partial charge < -0.3 is 9.47 Å². The number of hydrogen-bond donors (Lipinski definition) is 1. The Labute approximate surface area is 183 Å². The van der Waals surface area contributed by atoms with E-state index < -0.39 is 28.1 Å². The highest BCUT2D eigenvalue weighted by Gasteiger charge is 2.43. The van der Waals surface area contributed by atoms with Crippen LogP contribution in [0.2, 0.25) is 0 Å². The van der Waals surface area contributed by atoms with Crippen molar-refractivity contribution in [3.63, 3.8) is 0 Å². The van der Waals surface area contributed by atoms with Gasteiger partial charge in [0.05, 0.1) is 4.90 Å². The van der Waals surface area contributed by atoms with Crippen molar-refractivity contribution >= 4 is 26.8 Å². The molecule has 1 atom stereocenters. The third-order valence-electron chi connectivity index (χ3n) is 5.54. The Bertz CT molecular complexity index is 1270. The van der Waals surface area contributed by atoms with Crippen LogP contribution in [0, 0.1) is 0 Å². The zero-order chi connectivity index (χ0) is 23.1. The molecular formula is C22H22F3N3O3S. The number of aromatic nitrogens is 1. The van der Waals surface area contributed by atoms with Crippen LogP contribution >= 0.6 is 0 Å². The van der Waals surface area contributed by atoms with Gasteiger partial charge in [0.2, 0.25) is 10.0 Å². The summed E-state index contributed by atoms with van der Waals surface area (Å²) >= 11 is 0. The molecule has 0 radical (unpaired) electrons. The molecule has 0 fully saturated rings. The van der Waals surface area contributed by atoms with Crippen molar-refractivity contribution in [2.45, 2.75) is 43.5 Å². The van der Waals surface area contributed by atoms with Crippen LogP contribution in [-0.2, 0) is 34.3 Å². The molecule has 1 amide bonds. The first-order valence-corrected chi connectivity index (χ1v) is 11.6. The Balaban J connectivity index is 1.50. The summed E-state index contributed by atoms with van der Waals surface area (Å²) in [4.78, 5) is 12.2. The molecule has 3 aromatic rings. The molecular weight excluding hydrogens is 443 g/mol. The van der Waals surface area contributed by atoms with E-state index in [1.165, 1.54) is 12.1 Å². The number of alkyl halides is 3. The predicted molar refractivity (Wildman–Crippen MR) is 113 cm³/mol. The summed E-state index contributed by atoms with van der Waals surface area (Å²) in [5.74, 6) is -1.91. The average molecular weight is 465 g/mol. The molecule has 1 aliphatic rings. The molecule has 4 rings (SSSR count). The van der Waals surface area contributed by atoms with Crippen LogP contribution in [0.3, 0.4) is 0 Å². The first kappa shape index (κ1) is 22.3. The predicted octanol–water partition coefficient (Wildman–Crippen LogP) is 3.46. The van der Waals surface area contributed by atoms with E-state index in [1.54, 1.807) is 13.0 Å². The van der Waals surface area contributed by atoms with E-state index in [-0.39, 0.29) is 24.4 Å². The molecule has 0 spiro atoms. The van der Waals surface area contributed by atoms with Crippen LogP contribution in [0.5, 0.6) is 0 Å². The molecule has 1 aromatic heterocycles. The first-order valence-electron chi connectivity index (χ1n) is 10.1. The second-order valence-electron chi connectivity index (χ2n) is 7.95. The lowest BCUT2D eigenvalue weighted by molar-refractivity contribution is -0.186. The highest BCUT2D eigenvalue weighted by Crippen LogP contribution is 2.27. The maximum Gasteiger partial charge on any atom is 0.471 e. The molecule has 0 saturated heterocycles. The van der Waals surface area contributed by atoms with Gasteiger partial charge in [-0.05, 0) is 54.1 Å². The van der Waals surface area contributed by atoms with Crippen LogP contribution < -0.4 is 4.72 Å². The monoisotopic (exact) mass is 465 g/mol. The number of nitrogens with one attached hydrogen (secondary N) is 1. The molecule has 0 saturated carbocycles. The number of nitrogens with zero attached hydrogens (tertiary/aromatic N) is 2. The van der Waals surface area contributed by atoms with Gasteiger partial charge in [0.15, 0.2) is 0 Å². The van der Waals surface area contributed by atoms with Crippen LogP contribution in [-0.4, -0.2) is 42.6 Å². The maximum atomic E-state index is 12.9. The standard InChI is InChI=1S/C22H22F3N3O3S/c1-15(13-27-10-9-17-4-2-3-5-20(17)27)26-32(30,31)19-7-6-16-8-11-28(14-18(16)12-19)21(29)22(23,24)25/h2-7,9-10,12,15,26H,8,11,13-14H2,1H3. The number of para-hydroxylation sites is 1. The minimum Gasteiger partial charge on any atom is -0.346 e. The Morgan fingerprint density at radius 1 is 1.12 bits per heavy atom. The summed E-state index contributed by atoms with van der Waals surface area (Å²) in [6.07, 6.45) is -2.83. The molecule has 0 bridgehead atoms. The lowest BCUT2D eigenvalue weighted by Crippen LogP contribution is -2.43. The fourth-order valence-corrected chi connectivity index (χ4v) is 5.30. The molecule has 1 aliphatic heterocycles. The number of carbonyl (C=O) groups excluding carboxylic acids is 1.